The minimum atomic E-state index is 0.533. The molecule has 7 heteroatoms. The van der Waals surface area contributed by atoms with Gasteiger partial charge >= 0.3 is 0 Å². The van der Waals surface area contributed by atoms with Gasteiger partial charge in [0.1, 0.15) is 25.2 Å². The molecule has 0 aliphatic carbocycles. The van der Waals surface area contributed by atoms with Gasteiger partial charge in [0.15, 0.2) is 23.1 Å². The molecule has 0 amide bonds. The normalized spacial score (nSPS) is 12.8. The van der Waals surface area contributed by atoms with Crippen LogP contribution in [0.1, 0.15) is 13.8 Å². The van der Waals surface area contributed by atoms with E-state index < -0.39 is 0 Å². The number of rotatable bonds is 5. The van der Waals surface area contributed by atoms with Gasteiger partial charge in [-0.05, 0) is 26.0 Å². The number of nitrogens with two attached hydrogens (primary N) is 1. The zero-order valence-electron chi connectivity index (χ0n) is 13.4. The summed E-state index contributed by atoms with van der Waals surface area (Å²) in [6, 6.07) is 5.67. The minimum absolute atomic E-state index is 0.533. The molecule has 0 bridgehead atoms. The van der Waals surface area contributed by atoms with Gasteiger partial charge in [0, 0.05) is 24.8 Å². The number of hydrogen-bond acceptors (Lipinski definition) is 7. The molecular formula is C16H21N5O2. The van der Waals surface area contributed by atoms with Crippen molar-refractivity contribution in [3.05, 3.63) is 24.5 Å². The molecule has 1 aromatic carbocycles. The van der Waals surface area contributed by atoms with Gasteiger partial charge in [-0.1, -0.05) is 0 Å². The molecular weight excluding hydrogens is 294 g/mol. The summed E-state index contributed by atoms with van der Waals surface area (Å²) in [6.45, 7) is 6.93. The van der Waals surface area contributed by atoms with Crippen molar-refractivity contribution in [1.82, 2.24) is 9.97 Å². The lowest BCUT2D eigenvalue weighted by molar-refractivity contribution is 0.171. The summed E-state index contributed by atoms with van der Waals surface area (Å²) in [7, 11) is 0. The molecule has 0 saturated heterocycles. The number of nitrogens with one attached hydrogen (secondary N) is 1. The highest BCUT2D eigenvalue weighted by atomic mass is 16.6. The third-order valence-corrected chi connectivity index (χ3v) is 3.73. The summed E-state index contributed by atoms with van der Waals surface area (Å²) >= 11 is 0. The molecule has 0 atom stereocenters. The van der Waals surface area contributed by atoms with Gasteiger partial charge in [0.25, 0.3) is 0 Å². The Hall–Kier alpha value is -2.70. The number of anilines is 4. The molecule has 122 valence electrons. The monoisotopic (exact) mass is 315 g/mol. The topological polar surface area (TPSA) is 85.5 Å². The second-order valence-electron chi connectivity index (χ2n) is 5.12. The molecule has 3 N–H and O–H groups in total. The Labute approximate surface area is 135 Å². The van der Waals surface area contributed by atoms with Crippen LogP contribution in [0.4, 0.5) is 23.0 Å². The smallest absolute Gasteiger partial charge is 0.163 e. The molecule has 0 saturated carbocycles. The Morgan fingerprint density at radius 3 is 2.61 bits per heavy atom. The van der Waals surface area contributed by atoms with E-state index in [2.05, 4.69) is 34.0 Å². The van der Waals surface area contributed by atoms with E-state index in [0.717, 1.165) is 36.1 Å². The third kappa shape index (κ3) is 3.08. The van der Waals surface area contributed by atoms with E-state index in [1.807, 2.05) is 18.2 Å². The molecule has 0 unspecified atom stereocenters. The van der Waals surface area contributed by atoms with Crippen molar-refractivity contribution in [2.45, 2.75) is 13.8 Å². The molecule has 2 aromatic rings. The van der Waals surface area contributed by atoms with Crippen molar-refractivity contribution < 1.29 is 9.47 Å². The SMILES string of the molecule is CCN(CC)c1ncnc(Nc2ccc3c(c2)OCCO3)c1N. The van der Waals surface area contributed by atoms with E-state index in [1.165, 1.54) is 6.33 Å². The van der Waals surface area contributed by atoms with Crippen molar-refractivity contribution in [2.24, 2.45) is 0 Å². The first kappa shape index (κ1) is 15.2. The van der Waals surface area contributed by atoms with Crippen molar-refractivity contribution in [1.29, 1.82) is 0 Å². The average molecular weight is 315 g/mol. The number of nitrogen functional groups attached to an aromatic ring is 1. The number of ether oxygens (including phenoxy) is 2. The van der Waals surface area contributed by atoms with Crippen LogP contribution in [0.5, 0.6) is 11.5 Å². The van der Waals surface area contributed by atoms with Crippen LogP contribution >= 0.6 is 0 Å². The minimum Gasteiger partial charge on any atom is -0.486 e. The molecule has 0 fully saturated rings. The Bertz CT molecular complexity index is 688. The molecule has 7 nitrogen and oxygen atoms in total. The lowest BCUT2D eigenvalue weighted by Gasteiger charge is -2.22. The molecule has 0 spiro atoms. The van der Waals surface area contributed by atoms with Crippen molar-refractivity contribution in [3.8, 4) is 11.5 Å². The van der Waals surface area contributed by atoms with E-state index in [9.17, 15) is 0 Å². The second-order valence-corrected chi connectivity index (χ2v) is 5.12. The first-order valence-corrected chi connectivity index (χ1v) is 7.75. The number of fused-ring (bicyclic) bond motifs is 1. The van der Waals surface area contributed by atoms with Gasteiger partial charge in [0.05, 0.1) is 0 Å². The first-order valence-electron chi connectivity index (χ1n) is 7.75. The van der Waals surface area contributed by atoms with Crippen LogP contribution in [0.25, 0.3) is 0 Å². The fourth-order valence-electron chi connectivity index (χ4n) is 2.52. The zero-order valence-corrected chi connectivity index (χ0v) is 13.4. The molecule has 1 aliphatic rings. The Morgan fingerprint density at radius 1 is 1.13 bits per heavy atom. The summed E-state index contributed by atoms with van der Waals surface area (Å²) < 4.78 is 11.1. The van der Waals surface area contributed by atoms with Crippen LogP contribution < -0.4 is 25.4 Å². The summed E-state index contributed by atoms with van der Waals surface area (Å²) in [6.07, 6.45) is 1.52. The maximum Gasteiger partial charge on any atom is 0.163 e. The maximum atomic E-state index is 6.24. The fourth-order valence-corrected chi connectivity index (χ4v) is 2.52. The van der Waals surface area contributed by atoms with Crippen LogP contribution in [0.15, 0.2) is 24.5 Å². The molecule has 1 aromatic heterocycles. The Morgan fingerprint density at radius 2 is 1.87 bits per heavy atom. The third-order valence-electron chi connectivity index (χ3n) is 3.73. The van der Waals surface area contributed by atoms with Gasteiger partial charge < -0.3 is 25.4 Å². The molecule has 23 heavy (non-hydrogen) atoms. The standard InChI is InChI=1S/C16H21N5O2/c1-3-21(4-2)16-14(17)15(18-10-19-16)20-11-5-6-12-13(9-11)23-8-7-22-12/h5-6,9-10H,3-4,7-8,17H2,1-2H3,(H,18,19,20). The molecule has 3 rings (SSSR count). The van der Waals surface area contributed by atoms with Crippen LogP contribution in [-0.4, -0.2) is 36.3 Å². The van der Waals surface area contributed by atoms with Crippen molar-refractivity contribution >= 4 is 23.0 Å². The predicted molar refractivity (Wildman–Crippen MR) is 90.7 cm³/mol. The van der Waals surface area contributed by atoms with E-state index in [0.29, 0.717) is 24.7 Å². The van der Waals surface area contributed by atoms with Gasteiger partial charge in [0.2, 0.25) is 0 Å². The summed E-state index contributed by atoms with van der Waals surface area (Å²) in [5.74, 6) is 2.79. The van der Waals surface area contributed by atoms with Crippen LogP contribution in [-0.2, 0) is 0 Å². The molecule has 2 heterocycles. The number of aromatic nitrogens is 2. The van der Waals surface area contributed by atoms with E-state index in [4.69, 9.17) is 15.2 Å². The van der Waals surface area contributed by atoms with Gasteiger partial charge in [-0.15, -0.1) is 0 Å². The van der Waals surface area contributed by atoms with Gasteiger partial charge in [-0.25, -0.2) is 9.97 Å². The highest BCUT2D eigenvalue weighted by molar-refractivity contribution is 5.78. The van der Waals surface area contributed by atoms with Gasteiger partial charge in [-0.2, -0.15) is 0 Å². The summed E-state index contributed by atoms with van der Waals surface area (Å²) in [5, 5.41) is 3.23. The number of benzene rings is 1. The van der Waals surface area contributed by atoms with E-state index >= 15 is 0 Å². The maximum absolute atomic E-state index is 6.24. The summed E-state index contributed by atoms with van der Waals surface area (Å²) in [4.78, 5) is 10.6. The Kier molecular flexibility index (Phi) is 4.36. The molecule has 1 aliphatic heterocycles. The lowest BCUT2D eigenvalue weighted by Crippen LogP contribution is -2.24. The van der Waals surface area contributed by atoms with Crippen molar-refractivity contribution in [2.75, 3.05) is 42.3 Å². The van der Waals surface area contributed by atoms with Gasteiger partial charge in [-0.3, -0.25) is 0 Å². The fraction of sp³-hybridized carbons (Fsp3) is 0.375. The largest absolute Gasteiger partial charge is 0.486 e. The summed E-state index contributed by atoms with van der Waals surface area (Å²) in [5.41, 5.74) is 7.61. The second kappa shape index (κ2) is 6.60. The highest BCUT2D eigenvalue weighted by Crippen LogP contribution is 2.35. The number of nitrogens with zero attached hydrogens (tertiary/aromatic N) is 3. The highest BCUT2D eigenvalue weighted by Gasteiger charge is 2.15. The molecule has 0 radical (unpaired) electrons. The quantitative estimate of drug-likeness (QED) is 0.876. The van der Waals surface area contributed by atoms with E-state index in [1.54, 1.807) is 0 Å². The van der Waals surface area contributed by atoms with Crippen LogP contribution in [0, 0.1) is 0 Å². The predicted octanol–water partition coefficient (Wildman–Crippen LogP) is 2.42. The average Bonchev–Trinajstić information content (AvgIpc) is 2.59. The number of hydrogen-bond donors (Lipinski definition) is 2. The van der Waals surface area contributed by atoms with Crippen LogP contribution in [0.3, 0.4) is 0 Å². The van der Waals surface area contributed by atoms with Crippen molar-refractivity contribution in [3.63, 3.8) is 0 Å². The Balaban J connectivity index is 1.87. The van der Waals surface area contributed by atoms with Crippen LogP contribution in [0.2, 0.25) is 0 Å². The lowest BCUT2D eigenvalue weighted by atomic mass is 10.2. The van der Waals surface area contributed by atoms with E-state index in [-0.39, 0.29) is 0 Å². The first-order chi connectivity index (χ1) is 11.2. The zero-order chi connectivity index (χ0) is 16.2.